The van der Waals surface area contributed by atoms with Crippen LogP contribution in [0.2, 0.25) is 0 Å². The predicted molar refractivity (Wildman–Crippen MR) is 170 cm³/mol. The van der Waals surface area contributed by atoms with Gasteiger partial charge in [-0.3, -0.25) is 23.9 Å². The fourth-order valence-corrected chi connectivity index (χ4v) is 6.50. The summed E-state index contributed by atoms with van der Waals surface area (Å²) in [4.78, 5) is 55.0. The number of amides is 2. The van der Waals surface area contributed by atoms with Crippen LogP contribution in [0.5, 0.6) is 0 Å². The highest BCUT2D eigenvalue weighted by atomic mass is 19.1. The molecule has 2 atom stereocenters. The largest absolute Gasteiger partial charge is 0.398 e. The van der Waals surface area contributed by atoms with Gasteiger partial charge in [-0.1, -0.05) is 26.5 Å². The highest BCUT2D eigenvalue weighted by molar-refractivity contribution is 6.12. The molecule has 0 aliphatic carbocycles. The van der Waals surface area contributed by atoms with E-state index >= 15 is 8.78 Å². The third kappa shape index (κ3) is 4.46. The van der Waals surface area contributed by atoms with Crippen LogP contribution in [0.25, 0.3) is 28.0 Å². The molecule has 0 spiro atoms. The maximum atomic E-state index is 16.2. The average Bonchev–Trinajstić information content (AvgIpc) is 2.99. The van der Waals surface area contributed by atoms with Crippen molar-refractivity contribution in [2.75, 3.05) is 35.7 Å². The van der Waals surface area contributed by atoms with Gasteiger partial charge in [0.05, 0.1) is 29.2 Å². The van der Waals surface area contributed by atoms with E-state index in [1.165, 1.54) is 40.8 Å². The van der Waals surface area contributed by atoms with Crippen LogP contribution in [-0.4, -0.2) is 63.5 Å². The van der Waals surface area contributed by atoms with Gasteiger partial charge in [0.2, 0.25) is 5.91 Å². The first-order chi connectivity index (χ1) is 21.4. The second-order valence-corrected chi connectivity index (χ2v) is 11.9. The Morgan fingerprint density at radius 3 is 2.51 bits per heavy atom. The Balaban J connectivity index is 1.76. The molecular formula is C33H33F2N7O3. The lowest BCUT2D eigenvalue weighted by atomic mass is 9.98. The summed E-state index contributed by atoms with van der Waals surface area (Å²) in [6, 6.07) is 5.77. The molecule has 4 aromatic rings. The van der Waals surface area contributed by atoms with Gasteiger partial charge in [-0.05, 0) is 55.7 Å². The molecule has 2 aliphatic heterocycles. The summed E-state index contributed by atoms with van der Waals surface area (Å²) in [5.74, 6) is -2.47. The molecule has 6 rings (SSSR count). The van der Waals surface area contributed by atoms with Crippen molar-refractivity contribution in [1.82, 2.24) is 19.4 Å². The van der Waals surface area contributed by atoms with Crippen molar-refractivity contribution in [2.45, 2.75) is 45.7 Å². The number of halogens is 2. The highest BCUT2D eigenvalue weighted by Crippen LogP contribution is 2.43. The van der Waals surface area contributed by atoms with Crippen LogP contribution >= 0.6 is 0 Å². The number of rotatable bonds is 4. The van der Waals surface area contributed by atoms with Crippen LogP contribution < -0.4 is 21.1 Å². The van der Waals surface area contributed by atoms with Crippen LogP contribution in [0, 0.1) is 18.6 Å². The van der Waals surface area contributed by atoms with E-state index in [2.05, 4.69) is 16.5 Å². The Hall–Kier alpha value is -5.13. The first-order valence-electron chi connectivity index (χ1n) is 14.6. The molecule has 45 heavy (non-hydrogen) atoms. The first kappa shape index (κ1) is 29.9. The van der Waals surface area contributed by atoms with E-state index in [0.717, 1.165) is 6.07 Å². The van der Waals surface area contributed by atoms with Gasteiger partial charge in [-0.25, -0.2) is 13.8 Å². The minimum Gasteiger partial charge on any atom is -0.398 e. The third-order valence-corrected chi connectivity index (χ3v) is 8.70. The number of carbonyl (C=O) groups excluding carboxylic acids is 2. The zero-order valence-electron chi connectivity index (χ0n) is 25.6. The Kier molecular flexibility index (Phi) is 7.18. The molecule has 2 unspecified atom stereocenters. The van der Waals surface area contributed by atoms with Crippen molar-refractivity contribution in [3.8, 4) is 16.9 Å². The Morgan fingerprint density at radius 2 is 1.84 bits per heavy atom. The number of fused-ring (bicyclic) bond motifs is 5. The Labute approximate surface area is 258 Å². The third-order valence-electron chi connectivity index (χ3n) is 8.70. The molecule has 0 saturated carbocycles. The molecule has 12 heteroatoms. The van der Waals surface area contributed by atoms with Gasteiger partial charge in [-0.2, -0.15) is 0 Å². The van der Waals surface area contributed by atoms with E-state index in [1.807, 2.05) is 27.7 Å². The predicted octanol–water partition coefficient (Wildman–Crippen LogP) is 4.31. The number of piperazine rings is 1. The lowest BCUT2D eigenvalue weighted by Gasteiger charge is -2.49. The van der Waals surface area contributed by atoms with Crippen LogP contribution in [0.3, 0.4) is 0 Å². The molecule has 232 valence electrons. The van der Waals surface area contributed by atoms with Gasteiger partial charge < -0.3 is 20.4 Å². The molecule has 1 saturated heterocycles. The summed E-state index contributed by atoms with van der Waals surface area (Å²) in [5, 5.41) is 0.235. The van der Waals surface area contributed by atoms with E-state index in [-0.39, 0.29) is 64.6 Å². The van der Waals surface area contributed by atoms with Crippen LogP contribution in [0.15, 0.2) is 54.0 Å². The molecule has 2 aliphatic rings. The first-order valence-corrected chi connectivity index (χ1v) is 14.6. The lowest BCUT2D eigenvalue weighted by Crippen LogP contribution is -2.66. The maximum absolute atomic E-state index is 16.2. The van der Waals surface area contributed by atoms with Gasteiger partial charge in [0.15, 0.2) is 11.5 Å². The molecule has 0 bridgehead atoms. The van der Waals surface area contributed by atoms with Crippen molar-refractivity contribution in [2.24, 2.45) is 0 Å². The van der Waals surface area contributed by atoms with Crippen molar-refractivity contribution in [1.29, 1.82) is 0 Å². The second-order valence-electron chi connectivity index (χ2n) is 11.9. The van der Waals surface area contributed by atoms with E-state index in [9.17, 15) is 14.4 Å². The molecule has 2 amide bonds. The Bertz CT molecular complexity index is 1970. The van der Waals surface area contributed by atoms with Crippen molar-refractivity contribution in [3.63, 3.8) is 0 Å². The number of aryl methyl sites for hydroxylation is 1. The summed E-state index contributed by atoms with van der Waals surface area (Å²) >= 11 is 0. The maximum Gasteiger partial charge on any atom is 0.283 e. The number of benzene rings is 1. The number of aromatic nitrogens is 3. The number of nitrogens with two attached hydrogens (primary N) is 1. The van der Waals surface area contributed by atoms with Crippen molar-refractivity contribution < 1.29 is 18.4 Å². The summed E-state index contributed by atoms with van der Waals surface area (Å²) in [5.41, 5.74) is 7.06. The fourth-order valence-electron chi connectivity index (χ4n) is 6.50. The number of hydrogen-bond donors (Lipinski definition) is 1. The zero-order valence-corrected chi connectivity index (χ0v) is 25.6. The molecule has 1 aromatic carbocycles. The number of pyridine rings is 3. The summed E-state index contributed by atoms with van der Waals surface area (Å²) in [7, 11) is 1.49. The van der Waals surface area contributed by atoms with E-state index in [1.54, 1.807) is 22.1 Å². The Morgan fingerprint density at radius 1 is 1.11 bits per heavy atom. The SMILES string of the molecule is C=CC(=O)N1CC2C(=O)N(C)c3c(c4cc(F)c(-c5c(N)cccc5F)nc4n(-c4c(C)ccnc4C(C)C)c3=O)N2CC1C. The molecule has 2 N–H and O–H groups in total. The van der Waals surface area contributed by atoms with Crippen molar-refractivity contribution in [3.05, 3.63) is 82.4 Å². The van der Waals surface area contributed by atoms with E-state index in [4.69, 9.17) is 5.73 Å². The standard InChI is InChI=1S/C33H33F2N7O3/c1-7-24(43)40-15-23-32(44)39(6)30-29(41(23)14-18(40)5)19-13-21(35)27(25-20(34)9-8-10-22(25)36)38-31(19)42(33(30)45)28-17(4)11-12-37-26(28)16(2)3/h7-13,16,18,23H,1,14-15,36H2,2-6H3. The van der Waals surface area contributed by atoms with Gasteiger partial charge >= 0.3 is 0 Å². The summed E-state index contributed by atoms with van der Waals surface area (Å²) in [6.45, 7) is 11.3. The van der Waals surface area contributed by atoms with E-state index < -0.39 is 29.1 Å². The minimum absolute atomic E-state index is 0.0183. The second kappa shape index (κ2) is 10.8. The normalized spacial score (nSPS) is 18.0. The van der Waals surface area contributed by atoms with E-state index in [0.29, 0.717) is 22.6 Å². The number of anilines is 3. The molecular weight excluding hydrogens is 580 g/mol. The average molecular weight is 614 g/mol. The van der Waals surface area contributed by atoms with Gasteiger partial charge in [-0.15, -0.1) is 0 Å². The van der Waals surface area contributed by atoms with Crippen LogP contribution in [-0.2, 0) is 9.59 Å². The number of likely N-dealkylation sites (N-methyl/N-ethyl adjacent to an activating group) is 1. The van der Waals surface area contributed by atoms with Crippen LogP contribution in [0.1, 0.15) is 37.9 Å². The van der Waals surface area contributed by atoms with Crippen LogP contribution in [0.4, 0.5) is 25.8 Å². The van der Waals surface area contributed by atoms with Gasteiger partial charge in [0, 0.05) is 36.9 Å². The zero-order chi connectivity index (χ0) is 32.5. The van der Waals surface area contributed by atoms with Crippen molar-refractivity contribution >= 4 is 39.9 Å². The lowest BCUT2D eigenvalue weighted by molar-refractivity contribution is -0.130. The van der Waals surface area contributed by atoms with Gasteiger partial charge in [0.1, 0.15) is 23.2 Å². The smallest absolute Gasteiger partial charge is 0.283 e. The number of hydrogen-bond acceptors (Lipinski definition) is 7. The molecule has 0 radical (unpaired) electrons. The quantitative estimate of drug-likeness (QED) is 0.269. The molecule has 10 nitrogen and oxygen atoms in total. The summed E-state index contributed by atoms with van der Waals surface area (Å²) < 4.78 is 32.7. The molecule has 5 heterocycles. The van der Waals surface area contributed by atoms with Gasteiger partial charge in [0.25, 0.3) is 11.5 Å². The fraction of sp³-hybridized carbons (Fsp3) is 0.303. The topological polar surface area (TPSA) is 118 Å². The number of nitrogen functional groups attached to an aromatic ring is 1. The summed E-state index contributed by atoms with van der Waals surface area (Å²) in [6.07, 6.45) is 2.84. The molecule has 3 aromatic heterocycles. The number of carbonyl (C=O) groups is 2. The molecule has 1 fully saturated rings. The highest BCUT2D eigenvalue weighted by Gasteiger charge is 2.46. The minimum atomic E-state index is -0.858. The monoisotopic (exact) mass is 613 g/mol. The number of nitrogens with zero attached hydrogens (tertiary/aromatic N) is 6.